The van der Waals surface area contributed by atoms with Crippen LogP contribution in [0.1, 0.15) is 17.2 Å². The highest BCUT2D eigenvalue weighted by Gasteiger charge is 2.27. The topological polar surface area (TPSA) is 88.9 Å². The Morgan fingerprint density at radius 3 is 2.00 bits per heavy atom. The Balaban J connectivity index is 1.53. The van der Waals surface area contributed by atoms with Crippen molar-refractivity contribution in [2.24, 2.45) is 0 Å². The van der Waals surface area contributed by atoms with Gasteiger partial charge in [0.05, 0.1) is 4.90 Å². The summed E-state index contributed by atoms with van der Waals surface area (Å²) < 4.78 is 29.7. The fourth-order valence-electron chi connectivity index (χ4n) is 3.52. The third-order valence-corrected chi connectivity index (χ3v) is 7.28. The van der Waals surface area contributed by atoms with E-state index < -0.39 is 10.0 Å². The van der Waals surface area contributed by atoms with Gasteiger partial charge in [-0.15, -0.1) is 5.10 Å². The number of nitrogens with zero attached hydrogens (tertiary/aromatic N) is 3. The molecule has 3 aromatic carbocycles. The zero-order valence-corrected chi connectivity index (χ0v) is 20.4. The third-order valence-electron chi connectivity index (χ3n) is 5.18. The summed E-state index contributed by atoms with van der Waals surface area (Å²) in [7, 11) is -3.91. The van der Waals surface area contributed by atoms with E-state index in [9.17, 15) is 8.42 Å². The lowest BCUT2D eigenvalue weighted by molar-refractivity contribution is 0.598. The first-order valence-electron chi connectivity index (χ1n) is 10.0. The highest BCUT2D eigenvalue weighted by atomic mass is 35.5. The van der Waals surface area contributed by atoms with Crippen molar-refractivity contribution in [3.63, 3.8) is 0 Å². The first kappa shape index (κ1) is 22.7. The minimum absolute atomic E-state index is 0.0480. The molecule has 5 rings (SSSR count). The number of halogens is 3. The van der Waals surface area contributed by atoms with Crippen LogP contribution in [0.2, 0.25) is 15.1 Å². The minimum atomic E-state index is -3.91. The van der Waals surface area contributed by atoms with E-state index in [1.54, 1.807) is 28.9 Å². The van der Waals surface area contributed by atoms with Crippen molar-refractivity contribution in [3.05, 3.63) is 105 Å². The molecule has 1 aliphatic heterocycles. The van der Waals surface area contributed by atoms with Gasteiger partial charge in [-0.05, 0) is 65.7 Å². The second-order valence-electron chi connectivity index (χ2n) is 7.47. The fraction of sp³-hybridized carbons (Fsp3) is 0.0435. The summed E-state index contributed by atoms with van der Waals surface area (Å²) >= 11 is 18.0. The maximum Gasteiger partial charge on any atom is 0.264 e. The number of hydrogen-bond donors (Lipinski definition) is 2. The van der Waals surface area contributed by atoms with Crippen molar-refractivity contribution in [3.8, 4) is 0 Å². The van der Waals surface area contributed by atoms with Crippen LogP contribution in [0, 0.1) is 0 Å². The highest BCUT2D eigenvalue weighted by molar-refractivity contribution is 7.92. The molecule has 11 heteroatoms. The first-order valence-corrected chi connectivity index (χ1v) is 12.7. The van der Waals surface area contributed by atoms with Crippen LogP contribution in [0.3, 0.4) is 0 Å². The number of aromatic nitrogens is 3. The van der Waals surface area contributed by atoms with Gasteiger partial charge in [0.2, 0.25) is 5.95 Å². The molecule has 0 fully saturated rings. The first-order chi connectivity index (χ1) is 16.3. The number of anilines is 2. The molecule has 2 heterocycles. The van der Waals surface area contributed by atoms with Gasteiger partial charge in [-0.25, -0.2) is 17.8 Å². The number of allylic oxidation sites excluding steroid dienone is 1. The molecule has 34 heavy (non-hydrogen) atoms. The number of fused-ring (bicyclic) bond motifs is 1. The summed E-state index contributed by atoms with van der Waals surface area (Å²) in [6.45, 7) is 0. The van der Waals surface area contributed by atoms with Crippen LogP contribution < -0.4 is 10.0 Å². The largest absolute Gasteiger partial charge is 0.324 e. The van der Waals surface area contributed by atoms with E-state index in [0.717, 1.165) is 16.8 Å². The van der Waals surface area contributed by atoms with Crippen LogP contribution in [0.25, 0.3) is 5.70 Å². The molecule has 0 saturated heterocycles. The predicted molar refractivity (Wildman–Crippen MR) is 135 cm³/mol. The Morgan fingerprint density at radius 2 is 1.38 bits per heavy atom. The van der Waals surface area contributed by atoms with E-state index in [1.807, 2.05) is 30.3 Å². The summed E-state index contributed by atoms with van der Waals surface area (Å²) in [6, 6.07) is 20.2. The van der Waals surface area contributed by atoms with Gasteiger partial charge in [0, 0.05) is 20.8 Å². The molecular weight excluding hydrogens is 517 g/mol. The smallest absolute Gasteiger partial charge is 0.264 e. The molecule has 1 aromatic heterocycles. The zero-order valence-electron chi connectivity index (χ0n) is 17.3. The van der Waals surface area contributed by atoms with E-state index >= 15 is 0 Å². The highest BCUT2D eigenvalue weighted by Crippen LogP contribution is 2.34. The Kier molecular flexibility index (Phi) is 5.99. The Bertz CT molecular complexity index is 1480. The summed E-state index contributed by atoms with van der Waals surface area (Å²) in [4.78, 5) is 4.45. The van der Waals surface area contributed by atoms with E-state index in [0.29, 0.717) is 21.0 Å². The number of hydrogen-bond acceptors (Lipinski definition) is 5. The SMILES string of the molecule is O=S(=O)(Nc1nc2n(n1)[C@H](c1ccc(Cl)cc1)C=C(c1ccc(Cl)cc1)N2)c1ccc(Cl)cc1. The molecule has 0 unspecified atom stereocenters. The molecule has 0 radical (unpaired) electrons. The summed E-state index contributed by atoms with van der Waals surface area (Å²) in [5, 5.41) is 9.32. The third kappa shape index (κ3) is 4.63. The van der Waals surface area contributed by atoms with Gasteiger partial charge in [-0.1, -0.05) is 59.1 Å². The van der Waals surface area contributed by atoms with Gasteiger partial charge in [-0.3, -0.25) is 0 Å². The average molecular weight is 533 g/mol. The lowest BCUT2D eigenvalue weighted by Crippen LogP contribution is -2.20. The number of sulfonamides is 1. The van der Waals surface area contributed by atoms with Crippen molar-refractivity contribution in [2.75, 3.05) is 10.0 Å². The van der Waals surface area contributed by atoms with E-state index in [-0.39, 0.29) is 16.9 Å². The molecule has 0 spiro atoms. The van der Waals surface area contributed by atoms with Gasteiger partial charge in [0.1, 0.15) is 6.04 Å². The Morgan fingerprint density at radius 1 is 0.824 bits per heavy atom. The molecule has 0 saturated carbocycles. The Labute approximate surface area is 211 Å². The number of rotatable bonds is 5. The molecule has 2 N–H and O–H groups in total. The molecule has 172 valence electrons. The quantitative estimate of drug-likeness (QED) is 0.324. The standard InChI is InChI=1S/C23H16Cl3N5O2S/c24-16-5-1-14(2-6-16)20-13-21(15-3-7-17(25)8-4-15)31-23(27-20)28-22(29-31)30-34(32,33)19-11-9-18(26)10-12-19/h1-13,21H,(H2,27,28,29,30)/t21-/m0/s1. The lowest BCUT2D eigenvalue weighted by atomic mass is 10.0. The maximum atomic E-state index is 12.8. The summed E-state index contributed by atoms with van der Waals surface area (Å²) in [6.07, 6.45) is 1.98. The molecule has 0 bridgehead atoms. The van der Waals surface area contributed by atoms with Gasteiger partial charge in [0.15, 0.2) is 0 Å². The molecule has 7 nitrogen and oxygen atoms in total. The van der Waals surface area contributed by atoms with Gasteiger partial charge in [0.25, 0.3) is 16.0 Å². The minimum Gasteiger partial charge on any atom is -0.324 e. The van der Waals surface area contributed by atoms with E-state index in [4.69, 9.17) is 34.8 Å². The van der Waals surface area contributed by atoms with Crippen LogP contribution >= 0.6 is 34.8 Å². The number of benzene rings is 3. The van der Waals surface area contributed by atoms with Crippen molar-refractivity contribution in [2.45, 2.75) is 10.9 Å². The summed E-state index contributed by atoms with van der Waals surface area (Å²) in [5.41, 5.74) is 2.57. The zero-order chi connectivity index (χ0) is 23.9. The second kappa shape index (κ2) is 8.96. The Hall–Kier alpha value is -3.04. The number of nitrogens with one attached hydrogen (secondary N) is 2. The van der Waals surface area contributed by atoms with Crippen molar-refractivity contribution in [1.29, 1.82) is 0 Å². The van der Waals surface area contributed by atoms with Crippen LogP contribution in [-0.4, -0.2) is 23.2 Å². The molecule has 1 atom stereocenters. The second-order valence-corrected chi connectivity index (χ2v) is 10.5. The lowest BCUT2D eigenvalue weighted by Gasteiger charge is -2.24. The summed E-state index contributed by atoms with van der Waals surface area (Å²) in [5.74, 6) is 0.309. The average Bonchev–Trinajstić information content (AvgIpc) is 3.21. The normalized spacial score (nSPS) is 15.3. The molecule has 1 aliphatic rings. The van der Waals surface area contributed by atoms with Crippen LogP contribution in [0.4, 0.5) is 11.9 Å². The van der Waals surface area contributed by atoms with Gasteiger partial charge >= 0.3 is 0 Å². The van der Waals surface area contributed by atoms with E-state index in [1.165, 1.54) is 24.3 Å². The maximum absolute atomic E-state index is 12.8. The van der Waals surface area contributed by atoms with E-state index in [2.05, 4.69) is 20.1 Å². The molecule has 4 aromatic rings. The molecule has 0 amide bonds. The predicted octanol–water partition coefficient (Wildman–Crippen LogP) is 6.10. The van der Waals surface area contributed by atoms with Gasteiger partial charge in [-0.2, -0.15) is 4.98 Å². The monoisotopic (exact) mass is 531 g/mol. The van der Waals surface area contributed by atoms with Crippen LogP contribution in [0.5, 0.6) is 0 Å². The molecular formula is C23H16Cl3N5O2S. The molecule has 0 aliphatic carbocycles. The fourth-order valence-corrected chi connectivity index (χ4v) is 4.84. The van der Waals surface area contributed by atoms with Crippen molar-refractivity contribution < 1.29 is 8.42 Å². The van der Waals surface area contributed by atoms with Crippen molar-refractivity contribution >= 4 is 62.4 Å². The van der Waals surface area contributed by atoms with Crippen LogP contribution in [-0.2, 0) is 10.0 Å². The van der Waals surface area contributed by atoms with Gasteiger partial charge < -0.3 is 5.32 Å². The van der Waals surface area contributed by atoms with Crippen LogP contribution in [0.15, 0.2) is 83.8 Å². The van der Waals surface area contributed by atoms with Crippen molar-refractivity contribution in [1.82, 2.24) is 14.8 Å².